The molecule has 2 aromatic carbocycles. The van der Waals surface area contributed by atoms with Gasteiger partial charge in [0.05, 0.1) is 23.7 Å². The summed E-state index contributed by atoms with van der Waals surface area (Å²) in [5.41, 5.74) is 3.82. The van der Waals surface area contributed by atoms with Crippen LogP contribution in [0.3, 0.4) is 0 Å². The lowest BCUT2D eigenvalue weighted by atomic mass is 10.1. The van der Waals surface area contributed by atoms with E-state index < -0.39 is 12.6 Å². The van der Waals surface area contributed by atoms with E-state index in [0.29, 0.717) is 21.4 Å². The first-order valence-corrected chi connectivity index (χ1v) is 9.94. The summed E-state index contributed by atoms with van der Waals surface area (Å²) in [5.74, 6) is -0.838. The van der Waals surface area contributed by atoms with Gasteiger partial charge in [0, 0.05) is 7.05 Å². The molecule has 1 aliphatic rings. The summed E-state index contributed by atoms with van der Waals surface area (Å²) in [6, 6.07) is 10.9. The van der Waals surface area contributed by atoms with Crippen molar-refractivity contribution in [1.82, 2.24) is 4.90 Å². The van der Waals surface area contributed by atoms with E-state index in [1.807, 2.05) is 32.0 Å². The molecular weight excluding hydrogens is 404 g/mol. The number of amidine groups is 1. The number of rotatable bonds is 6. The van der Waals surface area contributed by atoms with Gasteiger partial charge >= 0.3 is 0 Å². The number of nitrogens with zero attached hydrogens (tertiary/aromatic N) is 2. The molecule has 0 saturated carbocycles. The number of methoxy groups -OCH3 is 1. The van der Waals surface area contributed by atoms with E-state index in [-0.39, 0.29) is 11.7 Å². The lowest BCUT2D eigenvalue weighted by Gasteiger charge is -2.11. The van der Waals surface area contributed by atoms with Crippen molar-refractivity contribution in [3.8, 4) is 11.5 Å². The number of aliphatic carboxylic acids is 1. The molecule has 1 saturated heterocycles. The lowest BCUT2D eigenvalue weighted by molar-refractivity contribution is -0.307. The van der Waals surface area contributed by atoms with Crippen molar-refractivity contribution in [2.24, 2.45) is 4.99 Å². The van der Waals surface area contributed by atoms with E-state index in [2.05, 4.69) is 4.99 Å². The molecule has 0 spiro atoms. The third kappa shape index (κ3) is 4.83. The van der Waals surface area contributed by atoms with E-state index in [4.69, 9.17) is 9.47 Å². The largest absolute Gasteiger partial charge is 0.546 e. The van der Waals surface area contributed by atoms with E-state index in [1.165, 1.54) is 29.3 Å². The van der Waals surface area contributed by atoms with Gasteiger partial charge in [-0.15, -0.1) is 0 Å². The zero-order chi connectivity index (χ0) is 21.8. The minimum Gasteiger partial charge on any atom is -0.546 e. The molecule has 0 aromatic heterocycles. The smallest absolute Gasteiger partial charge is 0.266 e. The van der Waals surface area contributed by atoms with Crippen LogP contribution in [-0.4, -0.2) is 42.7 Å². The number of hydrogen-bond acceptors (Lipinski definition) is 7. The van der Waals surface area contributed by atoms with Gasteiger partial charge in [-0.2, -0.15) is 0 Å². The Morgan fingerprint density at radius 3 is 2.60 bits per heavy atom. The van der Waals surface area contributed by atoms with Crippen LogP contribution in [0.1, 0.15) is 16.7 Å². The predicted octanol–water partition coefficient (Wildman–Crippen LogP) is 2.67. The van der Waals surface area contributed by atoms with Crippen molar-refractivity contribution >= 4 is 40.6 Å². The number of amides is 1. The van der Waals surface area contributed by atoms with Crippen molar-refractivity contribution in [2.75, 3.05) is 20.8 Å². The number of aryl methyl sites for hydroxylation is 2. The number of carboxylic acids is 1. The average molecular weight is 425 g/mol. The zero-order valence-corrected chi connectivity index (χ0v) is 17.9. The number of carboxylic acid groups (broad SMARTS) is 1. The highest BCUT2D eigenvalue weighted by Crippen LogP contribution is 2.35. The molecule has 1 heterocycles. The Morgan fingerprint density at radius 1 is 1.17 bits per heavy atom. The maximum atomic E-state index is 12.7. The molecule has 7 nitrogen and oxygen atoms in total. The van der Waals surface area contributed by atoms with Crippen LogP contribution in [0, 0.1) is 13.8 Å². The molecule has 0 unspecified atom stereocenters. The van der Waals surface area contributed by atoms with Crippen LogP contribution in [0.4, 0.5) is 5.69 Å². The molecule has 156 valence electrons. The molecule has 0 bridgehead atoms. The number of likely N-dealkylation sites (N-methyl/N-ethyl adjacent to an activating group) is 1. The third-order valence-electron chi connectivity index (χ3n) is 4.55. The second-order valence-corrected chi connectivity index (χ2v) is 7.72. The quantitative estimate of drug-likeness (QED) is 0.661. The molecule has 1 aliphatic heterocycles. The van der Waals surface area contributed by atoms with Crippen molar-refractivity contribution in [3.63, 3.8) is 0 Å². The molecule has 8 heteroatoms. The van der Waals surface area contributed by atoms with Gasteiger partial charge in [0.25, 0.3) is 5.91 Å². The topological polar surface area (TPSA) is 91.3 Å². The van der Waals surface area contributed by atoms with Crippen LogP contribution >= 0.6 is 11.8 Å². The van der Waals surface area contributed by atoms with Crippen molar-refractivity contribution in [2.45, 2.75) is 13.8 Å². The fourth-order valence-corrected chi connectivity index (χ4v) is 3.73. The van der Waals surface area contributed by atoms with Gasteiger partial charge in [-0.1, -0.05) is 12.1 Å². The molecule has 0 radical (unpaired) electrons. The van der Waals surface area contributed by atoms with E-state index in [9.17, 15) is 14.7 Å². The summed E-state index contributed by atoms with van der Waals surface area (Å²) < 4.78 is 10.4. The Bertz CT molecular complexity index is 1060. The Labute approximate surface area is 179 Å². The molecule has 1 amide bonds. The molecular formula is C22H21N2O5S-. The minimum atomic E-state index is -1.32. The number of aliphatic imine (C=N–C) groups is 1. The van der Waals surface area contributed by atoms with Gasteiger partial charge in [-0.05, 0) is 72.6 Å². The van der Waals surface area contributed by atoms with Crippen LogP contribution in [0.5, 0.6) is 11.5 Å². The average Bonchev–Trinajstić information content (AvgIpc) is 2.97. The lowest BCUT2D eigenvalue weighted by Crippen LogP contribution is -2.29. The molecule has 0 aliphatic carbocycles. The van der Waals surface area contributed by atoms with Crippen LogP contribution in [0.2, 0.25) is 0 Å². The number of ether oxygens (including phenoxy) is 2. The van der Waals surface area contributed by atoms with Crippen molar-refractivity contribution < 1.29 is 24.2 Å². The summed E-state index contributed by atoms with van der Waals surface area (Å²) in [6.45, 7) is 3.49. The standard InChI is InChI=1S/C22H22N2O5S/c1-13-5-7-16(9-14(13)2)23-22-24(3)21(27)19(30-22)11-15-6-8-17(18(10-15)28-4)29-12-20(25)26/h5-11H,12H2,1-4H3,(H,25,26)/p-1/b19-11-,23-22?. The highest BCUT2D eigenvalue weighted by Gasteiger charge is 2.30. The number of hydrogen-bond donors (Lipinski definition) is 0. The summed E-state index contributed by atoms with van der Waals surface area (Å²) >= 11 is 1.29. The fourth-order valence-electron chi connectivity index (χ4n) is 2.74. The van der Waals surface area contributed by atoms with Crippen molar-refractivity contribution in [3.05, 3.63) is 58.0 Å². The van der Waals surface area contributed by atoms with E-state index >= 15 is 0 Å². The minimum absolute atomic E-state index is 0.154. The van der Waals surface area contributed by atoms with Gasteiger partial charge in [-0.25, -0.2) is 4.99 Å². The van der Waals surface area contributed by atoms with Crippen LogP contribution < -0.4 is 14.6 Å². The summed E-state index contributed by atoms with van der Waals surface area (Å²) in [6.07, 6.45) is 1.73. The second-order valence-electron chi connectivity index (χ2n) is 6.71. The first-order valence-electron chi connectivity index (χ1n) is 9.12. The first-order chi connectivity index (χ1) is 14.3. The predicted molar refractivity (Wildman–Crippen MR) is 115 cm³/mol. The van der Waals surface area contributed by atoms with Gasteiger partial charge in [-0.3, -0.25) is 9.69 Å². The zero-order valence-electron chi connectivity index (χ0n) is 17.1. The number of carbonyl (C=O) groups is 2. The van der Waals surface area contributed by atoms with Gasteiger partial charge < -0.3 is 19.4 Å². The number of carbonyl (C=O) groups excluding carboxylic acids is 2. The SMILES string of the molecule is COc1cc(/C=C2\SC(=Nc3ccc(C)c(C)c3)N(C)C2=O)ccc1OCC(=O)[O-]. The molecule has 0 N–H and O–H groups in total. The van der Waals surface area contributed by atoms with Crippen LogP contribution in [-0.2, 0) is 9.59 Å². The summed E-state index contributed by atoms with van der Waals surface area (Å²) in [7, 11) is 3.14. The maximum Gasteiger partial charge on any atom is 0.266 e. The van der Waals surface area contributed by atoms with E-state index in [1.54, 1.807) is 31.3 Å². The fraction of sp³-hybridized carbons (Fsp3) is 0.227. The van der Waals surface area contributed by atoms with Crippen molar-refractivity contribution in [1.29, 1.82) is 0 Å². The van der Waals surface area contributed by atoms with Gasteiger partial charge in [0.1, 0.15) is 6.61 Å². The number of thioether (sulfide) groups is 1. The summed E-state index contributed by atoms with van der Waals surface area (Å²) in [5, 5.41) is 11.2. The number of benzene rings is 2. The highest BCUT2D eigenvalue weighted by molar-refractivity contribution is 8.18. The maximum absolute atomic E-state index is 12.7. The second kappa shape index (κ2) is 9.04. The van der Waals surface area contributed by atoms with Crippen LogP contribution in [0.15, 0.2) is 46.3 Å². The molecule has 2 aromatic rings. The molecule has 1 fully saturated rings. The first kappa shape index (κ1) is 21.4. The Kier molecular flexibility index (Phi) is 6.47. The van der Waals surface area contributed by atoms with Gasteiger partial charge in [0.2, 0.25) is 0 Å². The Morgan fingerprint density at radius 2 is 1.93 bits per heavy atom. The van der Waals surface area contributed by atoms with Crippen LogP contribution in [0.25, 0.3) is 6.08 Å². The molecule has 30 heavy (non-hydrogen) atoms. The highest BCUT2D eigenvalue weighted by atomic mass is 32.2. The monoisotopic (exact) mass is 425 g/mol. The molecule has 0 atom stereocenters. The Hall–Kier alpha value is -3.26. The third-order valence-corrected chi connectivity index (χ3v) is 5.61. The van der Waals surface area contributed by atoms with Gasteiger partial charge in [0.15, 0.2) is 16.7 Å². The molecule has 3 rings (SSSR count). The van der Waals surface area contributed by atoms with E-state index in [0.717, 1.165) is 11.3 Å². The normalized spacial score (nSPS) is 16.4. The Balaban J connectivity index is 1.85. The summed E-state index contributed by atoms with van der Waals surface area (Å²) in [4.78, 5) is 29.9.